The largest absolute Gasteiger partial charge is 0.338 e. The van der Waals surface area contributed by atoms with Gasteiger partial charge in [-0.05, 0) is 31.2 Å². The predicted molar refractivity (Wildman–Crippen MR) is 100 cm³/mol. The molecule has 1 amide bonds. The Bertz CT molecular complexity index is 651. The highest BCUT2D eigenvalue weighted by atomic mass is 32.2. The van der Waals surface area contributed by atoms with Crippen LogP contribution >= 0.6 is 0 Å². The number of hydrogen-bond donors (Lipinski definition) is 0. The monoisotopic (exact) mass is 366 g/mol. The molecule has 0 saturated carbocycles. The Hall–Kier alpha value is -1.40. The highest BCUT2D eigenvalue weighted by Crippen LogP contribution is 2.23. The fraction of sp³-hybridized carbons (Fsp3) is 0.632. The molecule has 6 heteroatoms. The van der Waals surface area contributed by atoms with Crippen LogP contribution in [0, 0.1) is 11.8 Å². The third-order valence-electron chi connectivity index (χ3n) is 4.65. The van der Waals surface area contributed by atoms with Gasteiger partial charge in [0.2, 0.25) is 15.9 Å². The number of rotatable bonds is 7. The molecule has 0 radical (unpaired) electrons. The van der Waals surface area contributed by atoms with E-state index in [2.05, 4.69) is 0 Å². The van der Waals surface area contributed by atoms with Crippen molar-refractivity contribution in [1.82, 2.24) is 9.21 Å². The summed E-state index contributed by atoms with van der Waals surface area (Å²) in [4.78, 5) is 14.7. The van der Waals surface area contributed by atoms with Gasteiger partial charge in [0.05, 0.1) is 5.75 Å². The van der Waals surface area contributed by atoms with Crippen molar-refractivity contribution in [2.45, 2.75) is 40.2 Å². The minimum atomic E-state index is -3.20. The molecule has 2 rings (SSSR count). The average Bonchev–Trinajstić information content (AvgIpc) is 2.59. The Balaban J connectivity index is 1.93. The number of amides is 1. The highest BCUT2D eigenvalue weighted by molar-refractivity contribution is 7.89. The number of carbonyl (C=O) groups is 1. The Morgan fingerprint density at radius 3 is 2.32 bits per heavy atom. The van der Waals surface area contributed by atoms with Crippen molar-refractivity contribution >= 4 is 15.9 Å². The van der Waals surface area contributed by atoms with E-state index in [9.17, 15) is 13.2 Å². The van der Waals surface area contributed by atoms with Crippen molar-refractivity contribution in [3.05, 3.63) is 35.9 Å². The molecule has 1 aromatic carbocycles. The van der Waals surface area contributed by atoms with Crippen LogP contribution in [-0.2, 0) is 21.4 Å². The molecule has 0 aromatic heterocycles. The third kappa shape index (κ3) is 5.54. The van der Waals surface area contributed by atoms with E-state index in [0.29, 0.717) is 39.0 Å². The Labute approximate surface area is 152 Å². The summed E-state index contributed by atoms with van der Waals surface area (Å²) in [5.41, 5.74) is 1.12. The first-order valence-electron chi connectivity index (χ1n) is 9.14. The number of benzene rings is 1. The van der Waals surface area contributed by atoms with Crippen LogP contribution in [0.4, 0.5) is 0 Å². The highest BCUT2D eigenvalue weighted by Gasteiger charge is 2.32. The second-order valence-corrected chi connectivity index (χ2v) is 9.20. The molecule has 1 heterocycles. The zero-order valence-electron chi connectivity index (χ0n) is 15.5. The minimum Gasteiger partial charge on any atom is -0.338 e. The van der Waals surface area contributed by atoms with Gasteiger partial charge < -0.3 is 4.90 Å². The summed E-state index contributed by atoms with van der Waals surface area (Å²) in [6.07, 6.45) is 1.23. The maximum Gasteiger partial charge on any atom is 0.226 e. The number of sulfonamides is 1. The molecule has 0 atom stereocenters. The summed E-state index contributed by atoms with van der Waals surface area (Å²) in [7, 11) is -3.20. The molecular weight excluding hydrogens is 336 g/mol. The second kappa shape index (κ2) is 8.81. The van der Waals surface area contributed by atoms with Crippen LogP contribution in [0.3, 0.4) is 0 Å². The molecule has 25 heavy (non-hydrogen) atoms. The second-order valence-electron chi connectivity index (χ2n) is 7.18. The molecule has 5 nitrogen and oxygen atoms in total. The summed E-state index contributed by atoms with van der Waals surface area (Å²) in [6.45, 7) is 8.00. The van der Waals surface area contributed by atoms with Crippen LogP contribution in [0.2, 0.25) is 0 Å². The van der Waals surface area contributed by atoms with Crippen LogP contribution < -0.4 is 0 Å². The van der Waals surface area contributed by atoms with Crippen LogP contribution in [0.15, 0.2) is 30.3 Å². The Kier molecular flexibility index (Phi) is 7.02. The maximum atomic E-state index is 12.8. The van der Waals surface area contributed by atoms with Crippen molar-refractivity contribution in [2.24, 2.45) is 11.8 Å². The quantitative estimate of drug-likeness (QED) is 0.745. The molecule has 140 valence electrons. The fourth-order valence-corrected chi connectivity index (χ4v) is 5.14. The van der Waals surface area contributed by atoms with Gasteiger partial charge in [-0.2, -0.15) is 0 Å². The molecule has 1 aromatic rings. The molecule has 0 bridgehead atoms. The number of hydrogen-bond acceptors (Lipinski definition) is 3. The SMILES string of the molecule is CCN(Cc1ccccc1)C(=O)C1CCN(S(=O)(=O)CC(C)C)CC1. The average molecular weight is 367 g/mol. The van der Waals surface area contributed by atoms with Gasteiger partial charge in [0.15, 0.2) is 0 Å². The van der Waals surface area contributed by atoms with Gasteiger partial charge >= 0.3 is 0 Å². The molecule has 1 aliphatic heterocycles. The minimum absolute atomic E-state index is 0.0748. The zero-order valence-corrected chi connectivity index (χ0v) is 16.3. The van der Waals surface area contributed by atoms with Crippen molar-refractivity contribution < 1.29 is 13.2 Å². The molecular formula is C19H30N2O3S. The smallest absolute Gasteiger partial charge is 0.226 e. The van der Waals surface area contributed by atoms with Gasteiger partial charge in [0.1, 0.15) is 0 Å². The summed E-state index contributed by atoms with van der Waals surface area (Å²) in [5, 5.41) is 0. The standard InChI is InChI=1S/C19H30N2O3S/c1-4-20(14-17-8-6-5-7-9-17)19(22)18-10-12-21(13-11-18)25(23,24)15-16(2)3/h5-9,16,18H,4,10-15H2,1-3H3. The summed E-state index contributed by atoms with van der Waals surface area (Å²) >= 11 is 0. The van der Waals surface area contributed by atoms with Crippen molar-refractivity contribution in [3.8, 4) is 0 Å². The van der Waals surface area contributed by atoms with Gasteiger partial charge in [-0.15, -0.1) is 0 Å². The summed E-state index contributed by atoms with van der Waals surface area (Å²) in [6, 6.07) is 9.97. The normalized spacial score (nSPS) is 17.0. The number of piperidine rings is 1. The van der Waals surface area contributed by atoms with Crippen molar-refractivity contribution in [3.63, 3.8) is 0 Å². The molecule has 0 N–H and O–H groups in total. The maximum absolute atomic E-state index is 12.8. The number of carbonyl (C=O) groups excluding carboxylic acids is 1. The first-order valence-corrected chi connectivity index (χ1v) is 10.7. The van der Waals surface area contributed by atoms with Gasteiger partial charge in [-0.1, -0.05) is 44.2 Å². The van der Waals surface area contributed by atoms with Gasteiger partial charge in [0.25, 0.3) is 0 Å². The van der Waals surface area contributed by atoms with Gasteiger partial charge in [-0.25, -0.2) is 12.7 Å². The van der Waals surface area contributed by atoms with E-state index in [1.165, 1.54) is 0 Å². The van der Waals surface area contributed by atoms with Crippen molar-refractivity contribution in [1.29, 1.82) is 0 Å². The molecule has 1 aliphatic rings. The van der Waals surface area contributed by atoms with E-state index in [4.69, 9.17) is 0 Å². The predicted octanol–water partition coefficient (Wildman–Crippen LogP) is 2.73. The zero-order chi connectivity index (χ0) is 18.4. The lowest BCUT2D eigenvalue weighted by atomic mass is 9.96. The van der Waals surface area contributed by atoms with Crippen LogP contribution in [0.25, 0.3) is 0 Å². The van der Waals surface area contributed by atoms with E-state index in [-0.39, 0.29) is 23.5 Å². The molecule has 0 unspecified atom stereocenters. The van der Waals surface area contributed by atoms with Crippen LogP contribution in [-0.4, -0.2) is 48.9 Å². The number of nitrogens with zero attached hydrogens (tertiary/aromatic N) is 2. The van der Waals surface area contributed by atoms with E-state index in [0.717, 1.165) is 5.56 Å². The van der Waals surface area contributed by atoms with Crippen LogP contribution in [0.5, 0.6) is 0 Å². The summed E-state index contributed by atoms with van der Waals surface area (Å²) in [5.74, 6) is 0.369. The first kappa shape index (κ1) is 19.9. The molecule has 0 spiro atoms. The first-order chi connectivity index (χ1) is 11.8. The molecule has 1 saturated heterocycles. The van der Waals surface area contributed by atoms with E-state index in [1.807, 2.05) is 56.0 Å². The Morgan fingerprint density at radius 1 is 1.20 bits per heavy atom. The van der Waals surface area contributed by atoms with Gasteiger partial charge in [-0.3, -0.25) is 4.79 Å². The van der Waals surface area contributed by atoms with Crippen molar-refractivity contribution in [2.75, 3.05) is 25.4 Å². The van der Waals surface area contributed by atoms with E-state index >= 15 is 0 Å². The van der Waals surface area contributed by atoms with Gasteiger partial charge in [0, 0.05) is 32.1 Å². The fourth-order valence-electron chi connectivity index (χ4n) is 3.32. The Morgan fingerprint density at radius 2 is 1.80 bits per heavy atom. The van der Waals surface area contributed by atoms with E-state index < -0.39 is 10.0 Å². The lowest BCUT2D eigenvalue weighted by Gasteiger charge is -2.33. The topological polar surface area (TPSA) is 57.7 Å². The lowest BCUT2D eigenvalue weighted by Crippen LogP contribution is -2.45. The van der Waals surface area contributed by atoms with Crippen LogP contribution in [0.1, 0.15) is 39.2 Å². The summed E-state index contributed by atoms with van der Waals surface area (Å²) < 4.78 is 26.2. The third-order valence-corrected chi connectivity index (χ3v) is 6.89. The lowest BCUT2D eigenvalue weighted by molar-refractivity contribution is -0.137. The molecule has 1 fully saturated rings. The molecule has 0 aliphatic carbocycles. The van der Waals surface area contributed by atoms with E-state index in [1.54, 1.807) is 4.31 Å².